The predicted molar refractivity (Wildman–Crippen MR) is 82.5 cm³/mol. The molecule has 5 rings (SSSR count). The molecule has 0 aromatic heterocycles. The summed E-state index contributed by atoms with van der Waals surface area (Å²) >= 11 is 0. The molecule has 0 aromatic carbocycles. The minimum absolute atomic E-state index is 0.670. The molecular formula is C18H30B. The molecule has 5 fully saturated rings. The first-order valence-electron chi connectivity index (χ1n) is 8.92. The lowest BCUT2D eigenvalue weighted by molar-refractivity contribution is -0.142. The second-order valence-corrected chi connectivity index (χ2v) is 8.91. The molecule has 4 bridgehead atoms. The van der Waals surface area contributed by atoms with Crippen LogP contribution < -0.4 is 0 Å². The van der Waals surface area contributed by atoms with Crippen molar-refractivity contribution in [3.63, 3.8) is 0 Å². The second-order valence-electron chi connectivity index (χ2n) is 8.91. The van der Waals surface area contributed by atoms with Crippen molar-refractivity contribution < 1.29 is 0 Å². The highest BCUT2D eigenvalue weighted by Crippen LogP contribution is 2.66. The molecule has 6 unspecified atom stereocenters. The Labute approximate surface area is 120 Å². The summed E-state index contributed by atoms with van der Waals surface area (Å²) in [5, 5.41) is 0. The van der Waals surface area contributed by atoms with Crippen LogP contribution in [0.15, 0.2) is 0 Å². The summed E-state index contributed by atoms with van der Waals surface area (Å²) in [6, 6.07) is 0. The fraction of sp³-hybridized carbons (Fsp3) is 1.00. The first-order valence-corrected chi connectivity index (χ1v) is 8.92. The predicted octanol–water partition coefficient (Wildman–Crippen LogP) is 5.18. The highest BCUT2D eigenvalue weighted by Gasteiger charge is 2.58. The molecule has 2 saturated heterocycles. The maximum absolute atomic E-state index is 2.79. The standard InChI is InChI=1S/C18H30B/c1-11-15(9-12-10-16(11)18(12,2)3)14-8-7-13-5-4-6-17(14)19-13/h11-17H,4-10H2,1-3H3/t11?,12?,13?,14?,15?,16-,17?/m1/s1. The molecule has 105 valence electrons. The first kappa shape index (κ1) is 12.8. The van der Waals surface area contributed by atoms with E-state index in [1.165, 1.54) is 25.7 Å². The van der Waals surface area contributed by atoms with Gasteiger partial charge in [-0.15, -0.1) is 0 Å². The van der Waals surface area contributed by atoms with Crippen LogP contribution in [-0.4, -0.2) is 7.28 Å². The summed E-state index contributed by atoms with van der Waals surface area (Å²) in [5.41, 5.74) is 0.670. The number of fused-ring (bicyclic) bond motifs is 4. The van der Waals surface area contributed by atoms with E-state index in [0.717, 1.165) is 41.2 Å². The highest BCUT2D eigenvalue weighted by molar-refractivity contribution is 6.40. The lowest BCUT2D eigenvalue weighted by Gasteiger charge is -2.64. The zero-order valence-electron chi connectivity index (χ0n) is 13.1. The van der Waals surface area contributed by atoms with E-state index in [4.69, 9.17) is 0 Å². The van der Waals surface area contributed by atoms with Crippen molar-refractivity contribution in [1.29, 1.82) is 0 Å². The van der Waals surface area contributed by atoms with Gasteiger partial charge in [0.1, 0.15) is 7.28 Å². The monoisotopic (exact) mass is 257 g/mol. The third-order valence-corrected chi connectivity index (χ3v) is 8.02. The van der Waals surface area contributed by atoms with E-state index < -0.39 is 0 Å². The van der Waals surface area contributed by atoms with Crippen molar-refractivity contribution >= 4 is 7.28 Å². The minimum atomic E-state index is 0.670. The Kier molecular flexibility index (Phi) is 2.88. The van der Waals surface area contributed by atoms with Crippen molar-refractivity contribution in [2.24, 2.45) is 35.0 Å². The summed E-state index contributed by atoms with van der Waals surface area (Å²) in [6.45, 7) is 7.69. The zero-order chi connectivity index (χ0) is 13.2. The van der Waals surface area contributed by atoms with Crippen LogP contribution in [0.5, 0.6) is 0 Å². The van der Waals surface area contributed by atoms with Gasteiger partial charge in [-0.3, -0.25) is 0 Å². The number of hydrogen-bond acceptors (Lipinski definition) is 0. The van der Waals surface area contributed by atoms with Crippen LogP contribution in [-0.2, 0) is 0 Å². The van der Waals surface area contributed by atoms with Crippen LogP contribution in [0, 0.1) is 35.0 Å². The maximum Gasteiger partial charge on any atom is 0.118 e. The van der Waals surface area contributed by atoms with Gasteiger partial charge in [0.2, 0.25) is 0 Å². The Morgan fingerprint density at radius 1 is 0.947 bits per heavy atom. The Balaban J connectivity index is 1.51. The third-order valence-electron chi connectivity index (χ3n) is 8.02. The second kappa shape index (κ2) is 4.28. The lowest BCUT2D eigenvalue weighted by Crippen LogP contribution is -2.56. The molecule has 0 nitrogen and oxygen atoms in total. The summed E-state index contributed by atoms with van der Waals surface area (Å²) in [6.07, 6.45) is 10.7. The van der Waals surface area contributed by atoms with Crippen LogP contribution in [0.2, 0.25) is 11.6 Å². The van der Waals surface area contributed by atoms with Gasteiger partial charge in [0, 0.05) is 0 Å². The SMILES string of the molecule is CC1C(C2CCC3[B]C2CCC3)CC2C[C@H]1C2(C)C. The quantitative estimate of drug-likeness (QED) is 0.568. The highest BCUT2D eigenvalue weighted by atomic mass is 14.6. The van der Waals surface area contributed by atoms with Gasteiger partial charge in [0.25, 0.3) is 0 Å². The van der Waals surface area contributed by atoms with E-state index in [2.05, 4.69) is 28.1 Å². The molecule has 5 aliphatic rings. The number of hydrogen-bond donors (Lipinski definition) is 0. The number of rotatable bonds is 1. The molecule has 1 radical (unpaired) electrons. The molecule has 0 spiro atoms. The van der Waals surface area contributed by atoms with Gasteiger partial charge in [-0.25, -0.2) is 0 Å². The first-order chi connectivity index (χ1) is 9.07. The van der Waals surface area contributed by atoms with E-state index >= 15 is 0 Å². The molecule has 1 heteroatoms. The van der Waals surface area contributed by atoms with Gasteiger partial charge in [0.05, 0.1) is 0 Å². The van der Waals surface area contributed by atoms with Crippen LogP contribution in [0.1, 0.15) is 65.7 Å². The van der Waals surface area contributed by atoms with Crippen molar-refractivity contribution in [2.45, 2.75) is 77.4 Å². The Bertz CT molecular complexity index is 361. The van der Waals surface area contributed by atoms with E-state index in [1.54, 1.807) is 19.3 Å². The fourth-order valence-corrected chi connectivity index (χ4v) is 6.66. The van der Waals surface area contributed by atoms with Crippen LogP contribution in [0.4, 0.5) is 0 Å². The van der Waals surface area contributed by atoms with Crippen molar-refractivity contribution in [1.82, 2.24) is 0 Å². The molecule has 3 saturated carbocycles. The minimum Gasteiger partial charge on any atom is -0.0686 e. The average Bonchev–Trinajstić information content (AvgIpc) is 2.39. The van der Waals surface area contributed by atoms with Gasteiger partial charge >= 0.3 is 0 Å². The summed E-state index contributed by atoms with van der Waals surface area (Å²) < 4.78 is 0. The van der Waals surface area contributed by atoms with E-state index in [0.29, 0.717) is 5.41 Å². The molecule has 0 amide bonds. The summed E-state index contributed by atoms with van der Waals surface area (Å²) in [5.74, 6) is 7.22. The van der Waals surface area contributed by atoms with Crippen molar-refractivity contribution in [3.05, 3.63) is 0 Å². The van der Waals surface area contributed by atoms with Crippen LogP contribution in [0.25, 0.3) is 0 Å². The van der Waals surface area contributed by atoms with Crippen LogP contribution in [0.3, 0.4) is 0 Å². The van der Waals surface area contributed by atoms with E-state index in [9.17, 15) is 0 Å². The summed E-state index contributed by atoms with van der Waals surface area (Å²) in [4.78, 5) is 0. The van der Waals surface area contributed by atoms with Crippen LogP contribution >= 0.6 is 0 Å². The maximum atomic E-state index is 2.79. The van der Waals surface area contributed by atoms with E-state index in [-0.39, 0.29) is 0 Å². The Hall–Kier alpha value is 0.0649. The average molecular weight is 257 g/mol. The molecule has 7 atom stereocenters. The van der Waals surface area contributed by atoms with Gasteiger partial charge < -0.3 is 0 Å². The Morgan fingerprint density at radius 3 is 2.53 bits per heavy atom. The van der Waals surface area contributed by atoms with E-state index in [1.807, 2.05) is 0 Å². The molecule has 0 N–H and O–H groups in total. The van der Waals surface area contributed by atoms with Crippen molar-refractivity contribution in [3.8, 4) is 0 Å². The zero-order valence-corrected chi connectivity index (χ0v) is 13.1. The smallest absolute Gasteiger partial charge is 0.0686 e. The fourth-order valence-electron chi connectivity index (χ4n) is 6.66. The molecule has 3 aliphatic carbocycles. The normalized spacial score (nSPS) is 55.0. The van der Waals surface area contributed by atoms with Gasteiger partial charge in [0.15, 0.2) is 0 Å². The van der Waals surface area contributed by atoms with Gasteiger partial charge in [-0.1, -0.05) is 64.5 Å². The van der Waals surface area contributed by atoms with Gasteiger partial charge in [-0.2, -0.15) is 0 Å². The largest absolute Gasteiger partial charge is 0.118 e. The molecule has 19 heavy (non-hydrogen) atoms. The molecule has 0 aromatic rings. The summed E-state index contributed by atoms with van der Waals surface area (Å²) in [7, 11) is 2.79. The lowest BCUT2D eigenvalue weighted by atomic mass is 9.36. The Morgan fingerprint density at radius 2 is 1.79 bits per heavy atom. The topological polar surface area (TPSA) is 0 Å². The van der Waals surface area contributed by atoms with Gasteiger partial charge in [-0.05, 0) is 47.8 Å². The molecular weight excluding hydrogens is 227 g/mol. The molecule has 2 aliphatic heterocycles. The third kappa shape index (κ3) is 1.79. The molecule has 2 heterocycles. The van der Waals surface area contributed by atoms with Crippen molar-refractivity contribution in [2.75, 3.05) is 0 Å².